The normalized spacial score (nSPS) is 11.8. The van der Waals surface area contributed by atoms with Crippen molar-refractivity contribution in [3.63, 3.8) is 0 Å². The lowest BCUT2D eigenvalue weighted by molar-refractivity contribution is 0.152. The van der Waals surface area contributed by atoms with Crippen molar-refractivity contribution in [3.05, 3.63) is 34.6 Å². The first kappa shape index (κ1) is 22.4. The van der Waals surface area contributed by atoms with Gasteiger partial charge in [0.05, 0.1) is 6.61 Å². The Labute approximate surface area is 160 Å². The Hall–Kier alpha value is -0.600. The quantitative estimate of drug-likeness (QED) is 0.285. The minimum Gasteiger partial charge on any atom is -0.380 e. The fourth-order valence-electron chi connectivity index (χ4n) is 2.04. The van der Waals surface area contributed by atoms with Gasteiger partial charge in [0.2, 0.25) is 0 Å². The topological polar surface area (TPSA) is 45.6 Å². The molecule has 0 aliphatic rings. The summed E-state index contributed by atoms with van der Waals surface area (Å²) in [7, 11) is 1.72. The molecule has 7 heteroatoms. The fourth-order valence-corrected chi connectivity index (χ4v) is 2.47. The Kier molecular flexibility index (Phi) is 10.8. The molecule has 0 fully saturated rings. The zero-order valence-corrected chi connectivity index (χ0v) is 17.2. The van der Waals surface area contributed by atoms with E-state index in [1.807, 2.05) is 20.8 Å². The molecule has 0 aliphatic heterocycles. The molecule has 0 saturated carbocycles. The van der Waals surface area contributed by atoms with Crippen LogP contribution in [0.3, 0.4) is 0 Å². The summed E-state index contributed by atoms with van der Waals surface area (Å²) in [4.78, 5) is 4.16. The monoisotopic (exact) mass is 457 g/mol. The van der Waals surface area contributed by atoms with E-state index in [1.165, 1.54) is 12.1 Å². The van der Waals surface area contributed by atoms with Crippen molar-refractivity contribution in [1.29, 1.82) is 0 Å². The van der Waals surface area contributed by atoms with Crippen LogP contribution >= 0.6 is 35.6 Å². The van der Waals surface area contributed by atoms with Crippen LogP contribution in [0.15, 0.2) is 23.2 Å². The molecule has 1 aromatic rings. The van der Waals surface area contributed by atoms with Gasteiger partial charge in [-0.25, -0.2) is 4.39 Å². The minimum absolute atomic E-state index is 0. The van der Waals surface area contributed by atoms with Crippen LogP contribution in [-0.4, -0.2) is 39.3 Å². The molecule has 0 radical (unpaired) electrons. The molecule has 1 aromatic carbocycles. The maximum Gasteiger partial charge on any atom is 0.191 e. The summed E-state index contributed by atoms with van der Waals surface area (Å²) in [5.41, 5.74) is 0.635. The number of halogens is 3. The number of hydrogen-bond acceptors (Lipinski definition) is 2. The zero-order valence-electron chi connectivity index (χ0n) is 14.1. The molecule has 0 aromatic heterocycles. The average molecular weight is 458 g/mol. The molecule has 2 N–H and O–H groups in total. The number of aliphatic imine (C=N–C) groups is 1. The van der Waals surface area contributed by atoms with Gasteiger partial charge in [0.25, 0.3) is 0 Å². The highest BCUT2D eigenvalue weighted by Crippen LogP contribution is 2.29. The van der Waals surface area contributed by atoms with Crippen molar-refractivity contribution in [1.82, 2.24) is 10.6 Å². The molecule has 23 heavy (non-hydrogen) atoms. The predicted octanol–water partition coefficient (Wildman–Crippen LogP) is 3.58. The minimum atomic E-state index is -0.328. The van der Waals surface area contributed by atoms with E-state index < -0.39 is 0 Å². The lowest BCUT2D eigenvalue weighted by Crippen LogP contribution is -2.44. The zero-order chi connectivity index (χ0) is 16.6. The smallest absolute Gasteiger partial charge is 0.191 e. The Morgan fingerprint density at radius 3 is 2.61 bits per heavy atom. The third-order valence-corrected chi connectivity index (χ3v) is 3.64. The summed E-state index contributed by atoms with van der Waals surface area (Å²) < 4.78 is 18.4. The van der Waals surface area contributed by atoms with E-state index in [2.05, 4.69) is 15.6 Å². The van der Waals surface area contributed by atoms with E-state index in [-0.39, 0.29) is 35.2 Å². The lowest BCUT2D eigenvalue weighted by Gasteiger charge is -2.27. The molecule has 0 spiro atoms. The van der Waals surface area contributed by atoms with Gasteiger partial charge >= 0.3 is 0 Å². The van der Waals surface area contributed by atoms with Gasteiger partial charge in [-0.05, 0) is 24.6 Å². The van der Waals surface area contributed by atoms with Gasteiger partial charge in [-0.15, -0.1) is 24.0 Å². The molecule has 1 rings (SSSR count). The number of rotatable bonds is 7. The lowest BCUT2D eigenvalue weighted by atomic mass is 9.84. The number of guanidine groups is 1. The Morgan fingerprint density at radius 1 is 1.35 bits per heavy atom. The molecule has 0 saturated heterocycles. The fraction of sp³-hybridized carbons (Fsp3) is 0.562. The van der Waals surface area contributed by atoms with Crippen molar-refractivity contribution in [2.45, 2.75) is 26.2 Å². The van der Waals surface area contributed by atoms with Crippen LogP contribution in [0, 0.1) is 5.82 Å². The summed E-state index contributed by atoms with van der Waals surface area (Å²) in [6, 6.07) is 4.50. The summed E-state index contributed by atoms with van der Waals surface area (Å²) in [5, 5.41) is 6.87. The van der Waals surface area contributed by atoms with Gasteiger partial charge in [0.1, 0.15) is 5.82 Å². The first-order valence-electron chi connectivity index (χ1n) is 7.38. The van der Waals surface area contributed by atoms with E-state index in [0.29, 0.717) is 37.3 Å². The maximum atomic E-state index is 13.2. The van der Waals surface area contributed by atoms with Gasteiger partial charge in [-0.3, -0.25) is 4.99 Å². The predicted molar refractivity (Wildman–Crippen MR) is 106 cm³/mol. The van der Waals surface area contributed by atoms with Crippen LogP contribution in [0.4, 0.5) is 4.39 Å². The number of ether oxygens (including phenoxy) is 1. The van der Waals surface area contributed by atoms with Crippen LogP contribution < -0.4 is 10.6 Å². The van der Waals surface area contributed by atoms with Crippen LogP contribution in [0.5, 0.6) is 0 Å². The molecule has 0 unspecified atom stereocenters. The van der Waals surface area contributed by atoms with Crippen molar-refractivity contribution in [2.75, 3.05) is 33.4 Å². The summed E-state index contributed by atoms with van der Waals surface area (Å²) in [5.74, 6) is 0.372. The molecule has 132 valence electrons. The number of benzene rings is 1. The molecule has 0 amide bonds. The van der Waals surface area contributed by atoms with Crippen molar-refractivity contribution >= 4 is 41.5 Å². The first-order valence-corrected chi connectivity index (χ1v) is 7.76. The maximum absolute atomic E-state index is 13.2. The summed E-state index contributed by atoms with van der Waals surface area (Å²) >= 11 is 6.15. The van der Waals surface area contributed by atoms with Gasteiger partial charge in [0, 0.05) is 37.2 Å². The second kappa shape index (κ2) is 11.0. The van der Waals surface area contributed by atoms with Gasteiger partial charge in [0.15, 0.2) is 5.96 Å². The van der Waals surface area contributed by atoms with Crippen molar-refractivity contribution < 1.29 is 9.13 Å². The Bertz CT molecular complexity index is 512. The van der Waals surface area contributed by atoms with E-state index in [1.54, 1.807) is 13.1 Å². The number of nitrogens with one attached hydrogen (secondary N) is 2. The number of hydrogen-bond donors (Lipinski definition) is 2. The van der Waals surface area contributed by atoms with Crippen LogP contribution in [-0.2, 0) is 10.2 Å². The molecular weight excluding hydrogens is 432 g/mol. The van der Waals surface area contributed by atoms with E-state index in [9.17, 15) is 4.39 Å². The molecular formula is C16H26ClFIN3O. The highest BCUT2D eigenvalue weighted by Gasteiger charge is 2.23. The van der Waals surface area contributed by atoms with E-state index in [0.717, 1.165) is 5.56 Å². The molecule has 0 heterocycles. The summed E-state index contributed by atoms with van der Waals surface area (Å²) in [6.07, 6.45) is 0. The van der Waals surface area contributed by atoms with E-state index in [4.69, 9.17) is 16.3 Å². The Morgan fingerprint density at radius 2 is 2.04 bits per heavy atom. The van der Waals surface area contributed by atoms with Crippen LogP contribution in [0.25, 0.3) is 0 Å². The molecule has 0 atom stereocenters. The second-order valence-electron chi connectivity index (χ2n) is 5.56. The van der Waals surface area contributed by atoms with Crippen molar-refractivity contribution in [3.8, 4) is 0 Å². The largest absolute Gasteiger partial charge is 0.380 e. The number of nitrogens with zero attached hydrogens (tertiary/aromatic N) is 1. The first-order chi connectivity index (χ1) is 10.4. The third kappa shape index (κ3) is 7.67. The van der Waals surface area contributed by atoms with E-state index >= 15 is 0 Å². The van der Waals surface area contributed by atoms with Crippen LogP contribution in [0.1, 0.15) is 26.3 Å². The Balaban J connectivity index is 0.00000484. The molecule has 0 aliphatic carbocycles. The third-order valence-electron chi connectivity index (χ3n) is 3.32. The molecule has 0 bridgehead atoms. The highest BCUT2D eigenvalue weighted by atomic mass is 127. The average Bonchev–Trinajstić information content (AvgIpc) is 2.46. The van der Waals surface area contributed by atoms with Gasteiger partial charge < -0.3 is 15.4 Å². The standard InChI is InChI=1S/C16H25ClFN3O.HI/c1-5-22-9-8-20-15(19-4)21-11-16(2,3)13-7-6-12(18)10-14(13)17;/h6-7,10H,5,8-9,11H2,1-4H3,(H2,19,20,21);1H. The van der Waals surface area contributed by atoms with Crippen molar-refractivity contribution in [2.24, 2.45) is 4.99 Å². The summed E-state index contributed by atoms with van der Waals surface area (Å²) in [6.45, 7) is 8.69. The SMILES string of the molecule is CCOCCNC(=NC)NCC(C)(C)c1ccc(F)cc1Cl.I. The van der Waals surface area contributed by atoms with Gasteiger partial charge in [-0.2, -0.15) is 0 Å². The van der Waals surface area contributed by atoms with Crippen LogP contribution in [0.2, 0.25) is 5.02 Å². The second-order valence-corrected chi connectivity index (χ2v) is 5.96. The highest BCUT2D eigenvalue weighted by molar-refractivity contribution is 14.0. The molecule has 4 nitrogen and oxygen atoms in total. The van der Waals surface area contributed by atoms with Gasteiger partial charge in [-0.1, -0.05) is 31.5 Å².